The van der Waals surface area contributed by atoms with Gasteiger partial charge in [-0.25, -0.2) is 0 Å². The van der Waals surface area contributed by atoms with Gasteiger partial charge >= 0.3 is 0 Å². The number of halogens is 1. The highest BCUT2D eigenvalue weighted by Crippen LogP contribution is 2.22. The Bertz CT molecular complexity index is 552. The molecular weight excluding hydrogens is 290 g/mol. The second-order valence-electron chi connectivity index (χ2n) is 3.98. The molecule has 0 unspecified atom stereocenters. The van der Waals surface area contributed by atoms with E-state index in [1.165, 1.54) is 0 Å². The van der Waals surface area contributed by atoms with Crippen LogP contribution in [0.2, 0.25) is 0 Å². The number of anilines is 1. The zero-order valence-electron chi connectivity index (χ0n) is 10.1. The van der Waals surface area contributed by atoms with Gasteiger partial charge in [0.1, 0.15) is 0 Å². The lowest BCUT2D eigenvalue weighted by Gasteiger charge is -2.10. The Labute approximate surface area is 115 Å². The fraction of sp³-hybridized carbons (Fsp3) is 0.133. The average molecular weight is 304 g/mol. The molecule has 0 heterocycles. The highest BCUT2D eigenvalue weighted by molar-refractivity contribution is 9.10. The van der Waals surface area contributed by atoms with Crippen molar-refractivity contribution < 1.29 is 4.79 Å². The van der Waals surface area contributed by atoms with Gasteiger partial charge in [0.2, 0.25) is 0 Å². The Hall–Kier alpha value is -1.61. The topological polar surface area (TPSA) is 29.1 Å². The fourth-order valence-electron chi connectivity index (χ4n) is 1.76. The third-order valence-electron chi connectivity index (χ3n) is 2.73. The van der Waals surface area contributed by atoms with Gasteiger partial charge in [0.05, 0.1) is 0 Å². The highest BCUT2D eigenvalue weighted by Gasteiger charge is 2.08. The Morgan fingerprint density at radius 1 is 1.17 bits per heavy atom. The lowest BCUT2D eigenvalue weighted by atomic mass is 10.1. The van der Waals surface area contributed by atoms with Crippen molar-refractivity contribution in [1.82, 2.24) is 0 Å². The van der Waals surface area contributed by atoms with Crippen LogP contribution in [0.1, 0.15) is 22.8 Å². The van der Waals surface area contributed by atoms with Crippen molar-refractivity contribution in [2.45, 2.75) is 13.3 Å². The molecule has 0 aliphatic heterocycles. The van der Waals surface area contributed by atoms with Crippen LogP contribution in [0.3, 0.4) is 0 Å². The molecule has 18 heavy (non-hydrogen) atoms. The molecule has 0 aliphatic rings. The summed E-state index contributed by atoms with van der Waals surface area (Å²) in [6, 6.07) is 15.1. The minimum Gasteiger partial charge on any atom is -0.322 e. The third kappa shape index (κ3) is 2.99. The second-order valence-corrected chi connectivity index (χ2v) is 4.89. The summed E-state index contributed by atoms with van der Waals surface area (Å²) in [6.45, 7) is 2.07. The predicted octanol–water partition coefficient (Wildman–Crippen LogP) is 4.26. The number of hydrogen-bond donors (Lipinski definition) is 1. The van der Waals surface area contributed by atoms with Crippen molar-refractivity contribution in [2.24, 2.45) is 0 Å². The Morgan fingerprint density at radius 3 is 2.56 bits per heavy atom. The van der Waals surface area contributed by atoms with Crippen LogP contribution >= 0.6 is 15.9 Å². The van der Waals surface area contributed by atoms with Crippen molar-refractivity contribution in [2.75, 3.05) is 5.32 Å². The molecule has 1 N–H and O–H groups in total. The number of rotatable bonds is 3. The molecule has 0 saturated carbocycles. The van der Waals surface area contributed by atoms with E-state index in [0.29, 0.717) is 5.56 Å². The number of amides is 1. The molecule has 2 aromatic carbocycles. The Balaban J connectivity index is 2.22. The predicted molar refractivity (Wildman–Crippen MR) is 77.9 cm³/mol. The largest absolute Gasteiger partial charge is 0.322 e. The van der Waals surface area contributed by atoms with Crippen LogP contribution in [0.4, 0.5) is 5.69 Å². The molecule has 0 bridgehead atoms. The molecule has 1 amide bonds. The molecule has 2 aromatic rings. The second kappa shape index (κ2) is 5.83. The van der Waals surface area contributed by atoms with Crippen molar-refractivity contribution in [3.8, 4) is 0 Å². The molecule has 2 rings (SSSR count). The summed E-state index contributed by atoms with van der Waals surface area (Å²) in [6.07, 6.45) is 0.879. The van der Waals surface area contributed by atoms with Gasteiger partial charge < -0.3 is 5.32 Å². The van der Waals surface area contributed by atoms with Gasteiger partial charge in [-0.3, -0.25) is 4.79 Å². The molecule has 0 fully saturated rings. The summed E-state index contributed by atoms with van der Waals surface area (Å²) in [5, 5.41) is 2.95. The van der Waals surface area contributed by atoms with Crippen molar-refractivity contribution in [3.63, 3.8) is 0 Å². The lowest BCUT2D eigenvalue weighted by molar-refractivity contribution is 0.102. The normalized spacial score (nSPS) is 10.1. The Kier molecular flexibility index (Phi) is 4.15. The maximum absolute atomic E-state index is 12.0. The van der Waals surface area contributed by atoms with Crippen LogP contribution in [-0.2, 0) is 6.42 Å². The number of nitrogens with one attached hydrogen (secondary N) is 1. The van der Waals surface area contributed by atoms with Gasteiger partial charge in [0.15, 0.2) is 0 Å². The van der Waals surface area contributed by atoms with Crippen LogP contribution in [0.15, 0.2) is 53.0 Å². The van der Waals surface area contributed by atoms with E-state index < -0.39 is 0 Å². The summed E-state index contributed by atoms with van der Waals surface area (Å²) in [4.78, 5) is 12.0. The van der Waals surface area contributed by atoms with E-state index in [1.807, 2.05) is 36.4 Å². The van der Waals surface area contributed by atoms with Gasteiger partial charge in [-0.2, -0.15) is 0 Å². The zero-order valence-corrected chi connectivity index (χ0v) is 11.7. The van der Waals surface area contributed by atoms with Crippen LogP contribution < -0.4 is 5.32 Å². The van der Waals surface area contributed by atoms with Crippen LogP contribution in [0.25, 0.3) is 0 Å². The van der Waals surface area contributed by atoms with Crippen molar-refractivity contribution in [1.29, 1.82) is 0 Å². The average Bonchev–Trinajstić information content (AvgIpc) is 2.41. The van der Waals surface area contributed by atoms with Gasteiger partial charge in [0.25, 0.3) is 5.91 Å². The number of aryl methyl sites for hydroxylation is 1. The first-order chi connectivity index (χ1) is 8.70. The van der Waals surface area contributed by atoms with E-state index in [1.54, 1.807) is 12.1 Å². The molecule has 0 spiro atoms. The smallest absolute Gasteiger partial charge is 0.255 e. The first-order valence-electron chi connectivity index (χ1n) is 5.85. The number of benzene rings is 2. The monoisotopic (exact) mass is 303 g/mol. The SMILES string of the molecule is CCc1cc(Br)ccc1NC(=O)c1ccccc1. The number of hydrogen-bond acceptors (Lipinski definition) is 1. The summed E-state index contributed by atoms with van der Waals surface area (Å²) in [5.41, 5.74) is 2.66. The van der Waals surface area contributed by atoms with Gasteiger partial charge in [-0.1, -0.05) is 41.1 Å². The van der Waals surface area contributed by atoms with Crippen molar-refractivity contribution >= 4 is 27.5 Å². The van der Waals surface area contributed by atoms with Crippen molar-refractivity contribution in [3.05, 3.63) is 64.1 Å². The molecule has 2 nitrogen and oxygen atoms in total. The molecule has 3 heteroatoms. The lowest BCUT2D eigenvalue weighted by Crippen LogP contribution is -2.13. The summed E-state index contributed by atoms with van der Waals surface area (Å²) in [7, 11) is 0. The fourth-order valence-corrected chi connectivity index (χ4v) is 2.17. The zero-order chi connectivity index (χ0) is 13.0. The van der Waals surface area contributed by atoms with Crippen LogP contribution in [-0.4, -0.2) is 5.91 Å². The first-order valence-corrected chi connectivity index (χ1v) is 6.65. The summed E-state index contributed by atoms with van der Waals surface area (Å²) >= 11 is 3.44. The standard InChI is InChI=1S/C15H14BrNO/c1-2-11-10-13(16)8-9-14(11)17-15(18)12-6-4-3-5-7-12/h3-10H,2H2,1H3,(H,17,18). The molecule has 0 aliphatic carbocycles. The molecular formula is C15H14BrNO. The maximum Gasteiger partial charge on any atom is 0.255 e. The Morgan fingerprint density at radius 2 is 1.89 bits per heavy atom. The van der Waals surface area contributed by atoms with E-state index >= 15 is 0 Å². The highest BCUT2D eigenvalue weighted by atomic mass is 79.9. The maximum atomic E-state index is 12.0. The van der Waals surface area contributed by atoms with E-state index in [4.69, 9.17) is 0 Å². The molecule has 0 radical (unpaired) electrons. The van der Waals surface area contributed by atoms with Gasteiger partial charge in [0, 0.05) is 15.7 Å². The third-order valence-corrected chi connectivity index (χ3v) is 3.23. The molecule has 92 valence electrons. The van der Waals surface area contributed by atoms with Crippen LogP contribution in [0.5, 0.6) is 0 Å². The quantitative estimate of drug-likeness (QED) is 0.901. The van der Waals surface area contributed by atoms with Gasteiger partial charge in [-0.05, 0) is 42.3 Å². The number of carbonyl (C=O) groups is 1. The molecule has 0 atom stereocenters. The molecule has 0 saturated heterocycles. The van der Waals surface area contributed by atoms with E-state index in [0.717, 1.165) is 22.1 Å². The van der Waals surface area contributed by atoms with E-state index in [-0.39, 0.29) is 5.91 Å². The van der Waals surface area contributed by atoms with E-state index in [2.05, 4.69) is 28.2 Å². The summed E-state index contributed by atoms with van der Waals surface area (Å²) in [5.74, 6) is -0.0763. The first kappa shape index (κ1) is 12.8. The minimum absolute atomic E-state index is 0.0763. The number of carbonyl (C=O) groups excluding carboxylic acids is 1. The van der Waals surface area contributed by atoms with Gasteiger partial charge in [-0.15, -0.1) is 0 Å². The molecule has 0 aromatic heterocycles. The minimum atomic E-state index is -0.0763. The van der Waals surface area contributed by atoms with Crippen LogP contribution in [0, 0.1) is 0 Å². The summed E-state index contributed by atoms with van der Waals surface area (Å²) < 4.78 is 1.03. The van der Waals surface area contributed by atoms with E-state index in [9.17, 15) is 4.79 Å².